The van der Waals surface area contributed by atoms with E-state index in [1.807, 2.05) is 27.7 Å². The predicted molar refractivity (Wildman–Crippen MR) is 57.0 cm³/mol. The van der Waals surface area contributed by atoms with Crippen LogP contribution < -0.4 is 0 Å². The van der Waals surface area contributed by atoms with E-state index in [9.17, 15) is 0 Å². The molecular formula is C11H26. The van der Waals surface area contributed by atoms with Gasteiger partial charge < -0.3 is 0 Å². The first kappa shape index (κ1) is 17.0. The maximum absolute atomic E-state index is 2.20. The minimum atomic E-state index is 1.26. The van der Waals surface area contributed by atoms with Crippen LogP contribution in [0.1, 0.15) is 61.3 Å². The highest BCUT2D eigenvalue weighted by atomic mass is 13.9. The number of hydrogen-bond donors (Lipinski definition) is 0. The standard InChI is InChI=1S/C7H14.2C2H6/c1-4-6-7(3)5-2;2*1-2/h5H,4,6H2,1-3H3;2*1-2H3/b7-5-;;. The Bertz CT molecular complexity index is 60.4. The fourth-order valence-corrected chi connectivity index (χ4v) is 0.539. The average molecular weight is 158 g/mol. The summed E-state index contributed by atoms with van der Waals surface area (Å²) in [5.74, 6) is 0. The van der Waals surface area contributed by atoms with Gasteiger partial charge in [0.15, 0.2) is 0 Å². The van der Waals surface area contributed by atoms with Gasteiger partial charge >= 0.3 is 0 Å². The smallest absolute Gasteiger partial charge is 0.0326 e. The lowest BCUT2D eigenvalue weighted by Gasteiger charge is -1.91. The highest BCUT2D eigenvalue weighted by molar-refractivity contribution is 4.94. The molecule has 0 aliphatic carbocycles. The summed E-state index contributed by atoms with van der Waals surface area (Å²) in [4.78, 5) is 0. The number of hydrogen-bond acceptors (Lipinski definition) is 0. The van der Waals surface area contributed by atoms with Crippen molar-refractivity contribution in [3.05, 3.63) is 11.6 Å². The second-order valence-electron chi connectivity index (χ2n) is 1.89. The van der Waals surface area contributed by atoms with Crippen LogP contribution in [-0.2, 0) is 0 Å². The number of rotatable bonds is 2. The molecule has 0 bridgehead atoms. The monoisotopic (exact) mass is 158 g/mol. The van der Waals surface area contributed by atoms with Crippen molar-refractivity contribution >= 4 is 0 Å². The third-order valence-corrected chi connectivity index (χ3v) is 1.14. The van der Waals surface area contributed by atoms with Gasteiger partial charge in [-0.1, -0.05) is 52.7 Å². The molecule has 0 fully saturated rings. The molecule has 0 atom stereocenters. The molecule has 0 aliphatic heterocycles. The zero-order chi connectivity index (χ0) is 9.70. The molecule has 0 saturated carbocycles. The first-order valence-corrected chi connectivity index (χ1v) is 4.93. The Kier molecular flexibility index (Phi) is 34.9. The summed E-state index contributed by atoms with van der Waals surface area (Å²) in [7, 11) is 0. The van der Waals surface area contributed by atoms with E-state index in [1.54, 1.807) is 0 Å². The van der Waals surface area contributed by atoms with Gasteiger partial charge in [-0.3, -0.25) is 0 Å². The van der Waals surface area contributed by atoms with Gasteiger partial charge in [-0.05, 0) is 20.3 Å². The van der Waals surface area contributed by atoms with Gasteiger partial charge in [-0.15, -0.1) is 0 Å². The molecule has 0 rings (SSSR count). The summed E-state index contributed by atoms with van der Waals surface area (Å²) >= 11 is 0. The van der Waals surface area contributed by atoms with Gasteiger partial charge in [0.25, 0.3) is 0 Å². The molecular weight excluding hydrogens is 132 g/mol. The Balaban J connectivity index is -0.000000138. The van der Waals surface area contributed by atoms with E-state index in [-0.39, 0.29) is 0 Å². The summed E-state index contributed by atoms with van der Waals surface area (Å²) in [6.07, 6.45) is 4.70. The van der Waals surface area contributed by atoms with Crippen LogP contribution >= 0.6 is 0 Å². The van der Waals surface area contributed by atoms with Crippen molar-refractivity contribution in [2.75, 3.05) is 0 Å². The maximum Gasteiger partial charge on any atom is -0.0326 e. The molecule has 0 aromatic heterocycles. The number of allylic oxidation sites excluding steroid dienone is 2. The van der Waals surface area contributed by atoms with Gasteiger partial charge in [0.05, 0.1) is 0 Å². The average Bonchev–Trinajstić information content (AvgIpc) is 2.12. The summed E-state index contributed by atoms with van der Waals surface area (Å²) < 4.78 is 0. The lowest BCUT2D eigenvalue weighted by Crippen LogP contribution is -1.70. The van der Waals surface area contributed by atoms with Gasteiger partial charge in [0.1, 0.15) is 0 Å². The third kappa shape index (κ3) is 26.0. The fourth-order valence-electron chi connectivity index (χ4n) is 0.539. The van der Waals surface area contributed by atoms with Crippen LogP contribution in [0.3, 0.4) is 0 Å². The fraction of sp³-hybridized carbons (Fsp3) is 0.818. The van der Waals surface area contributed by atoms with E-state index in [4.69, 9.17) is 0 Å². The zero-order valence-electron chi connectivity index (χ0n) is 9.49. The van der Waals surface area contributed by atoms with Crippen LogP contribution in [0.4, 0.5) is 0 Å². The molecule has 0 unspecified atom stereocenters. The molecule has 0 heteroatoms. The van der Waals surface area contributed by atoms with Crippen LogP contribution in [0.15, 0.2) is 11.6 Å². The normalized spacial score (nSPS) is 8.82. The summed E-state index contributed by atoms with van der Waals surface area (Å²) in [6.45, 7) is 14.5. The molecule has 70 valence electrons. The molecule has 11 heavy (non-hydrogen) atoms. The van der Waals surface area contributed by atoms with Crippen molar-refractivity contribution in [3.8, 4) is 0 Å². The van der Waals surface area contributed by atoms with E-state index in [1.165, 1.54) is 18.4 Å². The molecule has 0 aromatic rings. The van der Waals surface area contributed by atoms with Crippen LogP contribution in [-0.4, -0.2) is 0 Å². The second kappa shape index (κ2) is 22.6. The third-order valence-electron chi connectivity index (χ3n) is 1.14. The van der Waals surface area contributed by atoms with Crippen molar-refractivity contribution in [1.82, 2.24) is 0 Å². The first-order chi connectivity index (χ1) is 5.31. The van der Waals surface area contributed by atoms with Crippen molar-refractivity contribution in [2.24, 2.45) is 0 Å². The van der Waals surface area contributed by atoms with Gasteiger partial charge in [-0.2, -0.15) is 0 Å². The van der Waals surface area contributed by atoms with Crippen LogP contribution in [0.5, 0.6) is 0 Å². The van der Waals surface area contributed by atoms with E-state index in [2.05, 4.69) is 26.8 Å². The lowest BCUT2D eigenvalue weighted by molar-refractivity contribution is 0.903. The second-order valence-corrected chi connectivity index (χ2v) is 1.89. The molecule has 0 nitrogen and oxygen atoms in total. The van der Waals surface area contributed by atoms with E-state index < -0.39 is 0 Å². The first-order valence-electron chi connectivity index (χ1n) is 4.93. The molecule has 0 aromatic carbocycles. The van der Waals surface area contributed by atoms with E-state index >= 15 is 0 Å². The minimum absolute atomic E-state index is 1.26. The summed E-state index contributed by atoms with van der Waals surface area (Å²) in [6, 6.07) is 0. The minimum Gasteiger partial charge on any atom is -0.0887 e. The van der Waals surface area contributed by atoms with Crippen LogP contribution in [0.25, 0.3) is 0 Å². The zero-order valence-corrected chi connectivity index (χ0v) is 9.49. The van der Waals surface area contributed by atoms with Gasteiger partial charge in [0.2, 0.25) is 0 Å². The van der Waals surface area contributed by atoms with Gasteiger partial charge in [0, 0.05) is 0 Å². The summed E-state index contributed by atoms with van der Waals surface area (Å²) in [5.41, 5.74) is 1.50. The largest absolute Gasteiger partial charge is 0.0887 e. The van der Waals surface area contributed by atoms with Crippen molar-refractivity contribution in [3.63, 3.8) is 0 Å². The highest BCUT2D eigenvalue weighted by Gasteiger charge is 1.79. The van der Waals surface area contributed by atoms with Crippen LogP contribution in [0, 0.1) is 0 Å². The Labute approximate surface area is 73.7 Å². The van der Waals surface area contributed by atoms with E-state index in [0.29, 0.717) is 0 Å². The quantitative estimate of drug-likeness (QED) is 0.506. The Morgan fingerprint density at radius 1 is 1.09 bits per heavy atom. The summed E-state index contributed by atoms with van der Waals surface area (Å²) in [5, 5.41) is 0. The van der Waals surface area contributed by atoms with Crippen molar-refractivity contribution in [1.29, 1.82) is 0 Å². The highest BCUT2D eigenvalue weighted by Crippen LogP contribution is 2.00. The maximum atomic E-state index is 2.20. The Hall–Kier alpha value is -0.260. The molecule has 0 heterocycles. The topological polar surface area (TPSA) is 0 Å². The van der Waals surface area contributed by atoms with Crippen molar-refractivity contribution in [2.45, 2.75) is 61.3 Å². The van der Waals surface area contributed by atoms with E-state index in [0.717, 1.165) is 0 Å². The molecule has 0 amide bonds. The predicted octanol–water partition coefficient (Wildman–Crippen LogP) is 4.81. The Morgan fingerprint density at radius 2 is 1.45 bits per heavy atom. The van der Waals surface area contributed by atoms with Crippen molar-refractivity contribution < 1.29 is 0 Å². The lowest BCUT2D eigenvalue weighted by atomic mass is 10.2. The molecule has 0 saturated heterocycles. The molecule has 0 aliphatic rings. The molecule has 0 N–H and O–H groups in total. The van der Waals surface area contributed by atoms with Gasteiger partial charge in [-0.25, -0.2) is 0 Å². The Morgan fingerprint density at radius 3 is 1.55 bits per heavy atom. The van der Waals surface area contributed by atoms with Crippen LogP contribution in [0.2, 0.25) is 0 Å². The molecule has 0 radical (unpaired) electrons. The molecule has 0 spiro atoms. The SMILES string of the molecule is C/C=C(/C)CCC.CC.CC.